The third kappa shape index (κ3) is 4.01. The van der Waals surface area contributed by atoms with Gasteiger partial charge in [-0.25, -0.2) is 12.8 Å². The van der Waals surface area contributed by atoms with Gasteiger partial charge in [-0.15, -0.1) is 0 Å². The van der Waals surface area contributed by atoms with Crippen molar-refractivity contribution in [3.05, 3.63) is 57.9 Å². The van der Waals surface area contributed by atoms with Gasteiger partial charge >= 0.3 is 0 Å². The molecule has 1 aliphatic rings. The highest BCUT2D eigenvalue weighted by Gasteiger charge is 2.30. The van der Waals surface area contributed by atoms with Crippen molar-refractivity contribution in [3.8, 4) is 5.75 Å². The second kappa shape index (κ2) is 7.49. The molecule has 1 heterocycles. The number of benzene rings is 2. The summed E-state index contributed by atoms with van der Waals surface area (Å²) in [5.74, 6) is -1.27. The van der Waals surface area contributed by atoms with Crippen molar-refractivity contribution in [3.63, 3.8) is 0 Å². The molecule has 27 heavy (non-hydrogen) atoms. The number of phenols is 1. The van der Waals surface area contributed by atoms with E-state index in [0.29, 0.717) is 18.7 Å². The zero-order valence-corrected chi connectivity index (χ0v) is 15.1. The Hall–Kier alpha value is -2.72. The number of sulfonamides is 1. The maximum Gasteiger partial charge on any atom is 0.270 e. The van der Waals surface area contributed by atoms with E-state index < -0.39 is 26.5 Å². The first-order valence-electron chi connectivity index (χ1n) is 8.29. The predicted octanol–water partition coefficient (Wildman–Crippen LogP) is 2.84. The van der Waals surface area contributed by atoms with Gasteiger partial charge in [-0.2, -0.15) is 4.31 Å². The number of nitrogens with zero attached hydrogens (tertiary/aromatic N) is 2. The molecule has 1 fully saturated rings. The fraction of sp³-hybridized carbons (Fsp3) is 0.294. The molecule has 0 spiro atoms. The molecule has 0 radical (unpaired) electrons. The number of aromatic hydroxyl groups is 1. The summed E-state index contributed by atoms with van der Waals surface area (Å²) >= 11 is 0. The number of nitro benzene ring substituents is 1. The van der Waals surface area contributed by atoms with Gasteiger partial charge in [-0.1, -0.05) is 6.07 Å². The molecule has 144 valence electrons. The highest BCUT2D eigenvalue weighted by molar-refractivity contribution is 7.89. The average molecular weight is 395 g/mol. The summed E-state index contributed by atoms with van der Waals surface area (Å²) in [7, 11) is -3.89. The summed E-state index contributed by atoms with van der Waals surface area (Å²) in [5.41, 5.74) is 0.350. The van der Waals surface area contributed by atoms with Crippen LogP contribution in [0.5, 0.6) is 5.75 Å². The van der Waals surface area contributed by atoms with Crippen molar-refractivity contribution in [2.75, 3.05) is 18.4 Å². The summed E-state index contributed by atoms with van der Waals surface area (Å²) in [4.78, 5) is 10.2. The van der Waals surface area contributed by atoms with Crippen LogP contribution in [0.3, 0.4) is 0 Å². The number of halogens is 1. The lowest BCUT2D eigenvalue weighted by Gasteiger charge is -2.19. The topological polar surface area (TPSA) is 113 Å². The van der Waals surface area contributed by atoms with Crippen molar-refractivity contribution >= 4 is 21.4 Å². The molecular weight excluding hydrogens is 377 g/mol. The number of anilines is 1. The van der Waals surface area contributed by atoms with Gasteiger partial charge in [0.15, 0.2) is 11.6 Å². The summed E-state index contributed by atoms with van der Waals surface area (Å²) in [6, 6.07) is 7.39. The number of non-ortho nitro benzene ring substituents is 1. The Bertz CT molecular complexity index is 975. The Morgan fingerprint density at radius 2 is 1.89 bits per heavy atom. The third-order valence-corrected chi connectivity index (χ3v) is 6.29. The fourth-order valence-electron chi connectivity index (χ4n) is 2.91. The van der Waals surface area contributed by atoms with Gasteiger partial charge in [0.25, 0.3) is 5.69 Å². The minimum Gasteiger partial charge on any atom is -0.505 e. The van der Waals surface area contributed by atoms with E-state index in [0.717, 1.165) is 25.0 Å². The van der Waals surface area contributed by atoms with Gasteiger partial charge in [-0.3, -0.25) is 10.1 Å². The van der Waals surface area contributed by atoms with Gasteiger partial charge in [0.1, 0.15) is 4.90 Å². The molecule has 10 heteroatoms. The molecule has 2 aromatic carbocycles. The number of phenolic OH excluding ortho intramolecular Hbond substituents is 1. The lowest BCUT2D eigenvalue weighted by Crippen LogP contribution is -2.28. The number of nitrogens with one attached hydrogen (secondary N) is 1. The van der Waals surface area contributed by atoms with Crippen LogP contribution in [0.15, 0.2) is 41.3 Å². The van der Waals surface area contributed by atoms with Crippen LogP contribution in [0.25, 0.3) is 0 Å². The molecule has 0 aromatic heterocycles. The smallest absolute Gasteiger partial charge is 0.270 e. The van der Waals surface area contributed by atoms with Crippen molar-refractivity contribution in [1.29, 1.82) is 0 Å². The van der Waals surface area contributed by atoms with Crippen LogP contribution in [0.1, 0.15) is 18.4 Å². The van der Waals surface area contributed by atoms with Crippen molar-refractivity contribution < 1.29 is 22.8 Å². The lowest BCUT2D eigenvalue weighted by atomic mass is 10.2. The predicted molar refractivity (Wildman–Crippen MR) is 96.5 cm³/mol. The minimum atomic E-state index is -3.89. The van der Waals surface area contributed by atoms with Crippen LogP contribution in [0.2, 0.25) is 0 Å². The largest absolute Gasteiger partial charge is 0.505 e. The summed E-state index contributed by atoms with van der Waals surface area (Å²) in [6.45, 7) is 0.818. The Morgan fingerprint density at radius 3 is 2.52 bits per heavy atom. The number of hydrogen-bond acceptors (Lipinski definition) is 6. The van der Waals surface area contributed by atoms with Crippen molar-refractivity contribution in [2.24, 2.45) is 0 Å². The molecule has 8 nitrogen and oxygen atoms in total. The molecule has 0 amide bonds. The van der Waals surface area contributed by atoms with Gasteiger partial charge in [0, 0.05) is 31.8 Å². The van der Waals surface area contributed by atoms with Crippen LogP contribution < -0.4 is 5.32 Å². The second-order valence-electron chi connectivity index (χ2n) is 6.19. The molecule has 2 N–H and O–H groups in total. The molecule has 0 aliphatic carbocycles. The van der Waals surface area contributed by atoms with Crippen LogP contribution in [-0.4, -0.2) is 35.8 Å². The lowest BCUT2D eigenvalue weighted by molar-refractivity contribution is -0.385. The fourth-order valence-corrected chi connectivity index (χ4v) is 4.61. The van der Waals surface area contributed by atoms with Crippen molar-refractivity contribution in [1.82, 2.24) is 4.31 Å². The average Bonchev–Trinajstić information content (AvgIpc) is 3.18. The Morgan fingerprint density at radius 1 is 1.19 bits per heavy atom. The Kier molecular flexibility index (Phi) is 5.29. The molecule has 0 unspecified atom stereocenters. The van der Waals surface area contributed by atoms with E-state index in [2.05, 4.69) is 5.32 Å². The normalized spacial score (nSPS) is 15.0. The van der Waals surface area contributed by atoms with Crippen LogP contribution in [-0.2, 0) is 16.6 Å². The molecule has 3 rings (SSSR count). The van der Waals surface area contributed by atoms with Gasteiger partial charge < -0.3 is 10.4 Å². The van der Waals surface area contributed by atoms with E-state index in [9.17, 15) is 28.0 Å². The van der Waals surface area contributed by atoms with E-state index in [1.165, 1.54) is 28.6 Å². The SMILES string of the molecule is O=[N+]([O-])c1ccc(NCc2ccc(O)c(F)c2)c(S(=O)(=O)N2CCCC2)c1. The number of rotatable bonds is 6. The summed E-state index contributed by atoms with van der Waals surface area (Å²) < 4.78 is 40.6. The first-order chi connectivity index (χ1) is 12.8. The van der Waals surface area contributed by atoms with Gasteiger partial charge in [0.05, 0.1) is 10.6 Å². The highest BCUT2D eigenvalue weighted by Crippen LogP contribution is 2.31. The van der Waals surface area contributed by atoms with Crippen LogP contribution in [0.4, 0.5) is 15.8 Å². The summed E-state index contributed by atoms with van der Waals surface area (Å²) in [6.07, 6.45) is 1.48. The first-order valence-corrected chi connectivity index (χ1v) is 9.73. The molecule has 1 saturated heterocycles. The Balaban J connectivity index is 1.94. The van der Waals surface area contributed by atoms with Crippen LogP contribution in [0, 0.1) is 15.9 Å². The van der Waals surface area contributed by atoms with Crippen molar-refractivity contribution in [2.45, 2.75) is 24.3 Å². The number of nitro groups is 1. The minimum absolute atomic E-state index is 0.0809. The zero-order chi connectivity index (χ0) is 19.6. The quantitative estimate of drug-likeness (QED) is 0.574. The molecule has 2 aromatic rings. The van der Waals surface area contributed by atoms with Crippen LogP contribution >= 0.6 is 0 Å². The highest BCUT2D eigenvalue weighted by atomic mass is 32.2. The Labute approximate surface area is 155 Å². The summed E-state index contributed by atoms with van der Waals surface area (Å²) in [5, 5.41) is 23.2. The van der Waals surface area contributed by atoms with E-state index in [1.54, 1.807) is 0 Å². The van der Waals surface area contributed by atoms with E-state index in [1.807, 2.05) is 0 Å². The monoisotopic (exact) mass is 395 g/mol. The van der Waals surface area contributed by atoms with E-state index in [-0.39, 0.29) is 22.8 Å². The molecule has 1 aliphatic heterocycles. The van der Waals surface area contributed by atoms with E-state index in [4.69, 9.17) is 0 Å². The maximum atomic E-state index is 13.5. The first kappa shape index (κ1) is 19.1. The molecule has 0 bridgehead atoms. The van der Waals surface area contributed by atoms with E-state index >= 15 is 0 Å². The second-order valence-corrected chi connectivity index (χ2v) is 8.09. The maximum absolute atomic E-state index is 13.5. The molecule has 0 atom stereocenters. The van der Waals surface area contributed by atoms with Gasteiger partial charge in [-0.05, 0) is 36.6 Å². The molecule has 0 saturated carbocycles. The molecular formula is C17H18FN3O5S. The third-order valence-electron chi connectivity index (χ3n) is 4.35. The number of hydrogen-bond donors (Lipinski definition) is 2. The zero-order valence-electron chi connectivity index (χ0n) is 14.3. The standard InChI is InChI=1S/C17H18FN3O5S/c18-14-9-12(3-6-16(14)22)11-19-15-5-4-13(21(23)24)10-17(15)27(25,26)20-7-1-2-8-20/h3-6,9-10,19,22H,1-2,7-8,11H2. The van der Waals surface area contributed by atoms with Gasteiger partial charge in [0.2, 0.25) is 10.0 Å².